The molecule has 4 rings (SSSR count). The predicted octanol–water partition coefficient (Wildman–Crippen LogP) is 5.41. The van der Waals surface area contributed by atoms with E-state index in [0.717, 1.165) is 6.07 Å². The number of aromatic nitrogens is 4. The van der Waals surface area contributed by atoms with Gasteiger partial charge >= 0.3 is 12.1 Å². The molecule has 23 nitrogen and oxygen atoms in total. The van der Waals surface area contributed by atoms with Crippen LogP contribution in [0, 0.1) is 17.0 Å². The normalized spacial score (nSPS) is 11.3. The fraction of sp³-hybridized carbons (Fsp3) is 0.378. The van der Waals surface area contributed by atoms with E-state index in [2.05, 4.69) is 37.9 Å². The Balaban J connectivity index is 1.57. The van der Waals surface area contributed by atoms with Crippen LogP contribution in [-0.4, -0.2) is 106 Å². The molecule has 0 aliphatic carbocycles. The van der Waals surface area contributed by atoms with E-state index in [1.807, 2.05) is 6.92 Å². The molecule has 7 N–H and O–H groups in total. The van der Waals surface area contributed by atoms with Crippen molar-refractivity contribution < 1.29 is 47.8 Å². The zero-order valence-electron chi connectivity index (χ0n) is 38.9. The third-order valence-corrected chi connectivity index (χ3v) is 9.30. The molecule has 0 unspecified atom stereocenters. The average molecular weight is 943 g/mol. The zero-order chi connectivity index (χ0) is 50.0. The van der Waals surface area contributed by atoms with Crippen molar-refractivity contribution >= 4 is 64.9 Å². The van der Waals surface area contributed by atoms with E-state index in [-0.39, 0.29) is 93.0 Å². The topological polar surface area (TPSA) is 305 Å². The molecule has 0 fully saturated rings. The number of anilines is 3. The molecule has 0 saturated heterocycles. The highest BCUT2D eigenvalue weighted by Crippen LogP contribution is 2.40. The highest BCUT2D eigenvalue weighted by atomic mass is 16.6. The van der Waals surface area contributed by atoms with E-state index >= 15 is 0 Å². The minimum Gasteiger partial charge on any atom is -0.491 e. The van der Waals surface area contributed by atoms with Crippen molar-refractivity contribution in [2.75, 3.05) is 55.1 Å². The van der Waals surface area contributed by atoms with Crippen molar-refractivity contribution in [3.8, 4) is 11.5 Å². The molecule has 0 aliphatic rings. The largest absolute Gasteiger partial charge is 0.491 e. The quantitative estimate of drug-likeness (QED) is 0.00999. The van der Waals surface area contributed by atoms with Crippen molar-refractivity contribution in [2.45, 2.75) is 73.1 Å². The Hall–Kier alpha value is -8.24. The summed E-state index contributed by atoms with van der Waals surface area (Å²) in [5, 5.41) is 29.4. The van der Waals surface area contributed by atoms with Crippen LogP contribution in [0.1, 0.15) is 84.4 Å². The maximum Gasteiger partial charge on any atom is 0.412 e. The first-order valence-electron chi connectivity index (χ1n) is 21.5. The molecule has 2 aromatic heterocycles. The first-order valence-corrected chi connectivity index (χ1v) is 21.5. The number of nitrogens with two attached hydrogens (primary N) is 2. The van der Waals surface area contributed by atoms with E-state index < -0.39 is 46.0 Å². The number of nitrogens with zero attached hydrogens (tertiary/aromatic N) is 7. The van der Waals surface area contributed by atoms with Gasteiger partial charge in [0.25, 0.3) is 11.6 Å². The van der Waals surface area contributed by atoms with Crippen molar-refractivity contribution in [2.24, 2.45) is 16.5 Å². The fourth-order valence-electron chi connectivity index (χ4n) is 6.34. The number of benzene rings is 2. The smallest absolute Gasteiger partial charge is 0.412 e. The third kappa shape index (κ3) is 15.7. The molecule has 23 heteroatoms. The van der Waals surface area contributed by atoms with Crippen molar-refractivity contribution in [1.82, 2.24) is 24.9 Å². The maximum absolute atomic E-state index is 13.5. The van der Waals surface area contributed by atoms with Crippen LogP contribution in [0.25, 0.3) is 0 Å². The van der Waals surface area contributed by atoms with Crippen LogP contribution in [0.4, 0.5) is 33.2 Å². The molecule has 0 radical (unpaired) electrons. The molecule has 0 bridgehead atoms. The molecule has 0 atom stereocenters. The van der Waals surface area contributed by atoms with E-state index in [0.29, 0.717) is 29.3 Å². The maximum atomic E-state index is 13.5. The highest BCUT2D eigenvalue weighted by molar-refractivity contribution is 5.97. The van der Waals surface area contributed by atoms with Gasteiger partial charge in [0.1, 0.15) is 29.3 Å². The Morgan fingerprint density at radius 1 is 0.985 bits per heavy atom. The molecule has 4 aromatic rings. The molecular formula is C45H58N12O11. The van der Waals surface area contributed by atoms with Crippen molar-refractivity contribution in [1.29, 1.82) is 0 Å². The zero-order valence-corrected chi connectivity index (χ0v) is 38.9. The van der Waals surface area contributed by atoms with Crippen molar-refractivity contribution in [3.63, 3.8) is 0 Å². The number of hydrogen-bond acceptors (Lipinski definition) is 16. The van der Waals surface area contributed by atoms with Gasteiger partial charge in [0.15, 0.2) is 11.4 Å². The SMILES string of the molecule is C=Nc1cc(C(N)=O)cc(OCCCC(=O)OCC)c1N(C/C=C/CNc1c(OC/C=C/Cn2cc(NC(=O)OC(C)(C)C)cn2)cc(C(N)=O)cc1[N+](=O)[O-])CNC(=O)c1cc(C)nn1CC. The molecule has 0 aliphatic heterocycles. The second-order valence-corrected chi connectivity index (χ2v) is 15.7. The van der Waals surface area contributed by atoms with Gasteiger partial charge in [-0.05, 0) is 85.0 Å². The summed E-state index contributed by atoms with van der Waals surface area (Å²) < 4.78 is 25.4. The number of aryl methyl sites for hydroxylation is 2. The number of esters is 1. The Morgan fingerprint density at radius 3 is 2.37 bits per heavy atom. The molecule has 2 aromatic carbocycles. The standard InChI is InChI=1S/C45H58N12O11/c1-8-56-35(21-29(3)53-56)43(61)50-28-54(40-33(48-7)22-30(41(46)59)25-37(40)67-20-14-15-38(58)65-9-2)17-11-10-16-49-39-34(57(63)64)23-31(42(47)60)24-36(39)66-19-13-12-18-55-27-32(26-51-55)52-44(62)68-45(4,5)6/h10-13,21-27,49H,7-9,14-20,28H2,1-6H3,(H2,46,59)(H2,47,60)(H,50,61)(H,52,62)/b11-10+,13-12+. The molecule has 68 heavy (non-hydrogen) atoms. The van der Waals surface area contributed by atoms with Crippen LogP contribution in [0.15, 0.2) is 72.0 Å². The summed E-state index contributed by atoms with van der Waals surface area (Å²) in [6.07, 6.45) is 9.50. The van der Waals surface area contributed by atoms with Crippen LogP contribution in [0.2, 0.25) is 0 Å². The number of nitrogens with one attached hydrogen (secondary N) is 3. The average Bonchev–Trinajstić information content (AvgIpc) is 3.90. The Kier molecular flexibility index (Phi) is 19.2. The van der Waals surface area contributed by atoms with Gasteiger partial charge in [0.05, 0.1) is 54.6 Å². The van der Waals surface area contributed by atoms with Gasteiger partial charge in [-0.15, -0.1) is 0 Å². The first-order chi connectivity index (χ1) is 32.3. The molecular weight excluding hydrogens is 885 g/mol. The second-order valence-electron chi connectivity index (χ2n) is 15.7. The molecule has 364 valence electrons. The third-order valence-electron chi connectivity index (χ3n) is 9.30. The summed E-state index contributed by atoms with van der Waals surface area (Å²) in [5.41, 5.74) is 11.8. The predicted molar refractivity (Wildman–Crippen MR) is 254 cm³/mol. The Morgan fingerprint density at radius 2 is 1.71 bits per heavy atom. The molecule has 0 saturated carbocycles. The Bertz CT molecular complexity index is 2520. The van der Waals surface area contributed by atoms with Gasteiger partial charge in [0.2, 0.25) is 11.8 Å². The van der Waals surface area contributed by atoms with Crippen LogP contribution in [0.5, 0.6) is 11.5 Å². The summed E-state index contributed by atoms with van der Waals surface area (Å²) in [6, 6.07) is 6.85. The number of hydrogen-bond donors (Lipinski definition) is 5. The van der Waals surface area contributed by atoms with Crippen LogP contribution in [-0.2, 0) is 27.4 Å². The second kappa shape index (κ2) is 24.9. The van der Waals surface area contributed by atoms with Gasteiger partial charge in [-0.1, -0.05) is 18.2 Å². The number of nitro groups is 1. The summed E-state index contributed by atoms with van der Waals surface area (Å²) in [4.78, 5) is 79.7. The number of aliphatic imine (C=N–C) groups is 1. The molecule has 0 spiro atoms. The first kappa shape index (κ1) is 52.4. The van der Waals surface area contributed by atoms with Gasteiger partial charge < -0.3 is 45.9 Å². The number of rotatable bonds is 26. The number of amides is 4. The number of allylic oxidation sites excluding steroid dienone is 1. The summed E-state index contributed by atoms with van der Waals surface area (Å²) >= 11 is 0. The lowest BCUT2D eigenvalue weighted by molar-refractivity contribution is -0.384. The molecule has 2 heterocycles. The summed E-state index contributed by atoms with van der Waals surface area (Å²) in [7, 11) is 0. The van der Waals surface area contributed by atoms with E-state index in [1.54, 1.807) is 85.4 Å². The van der Waals surface area contributed by atoms with Gasteiger partial charge in [-0.25, -0.2) is 4.79 Å². The van der Waals surface area contributed by atoms with E-state index in [9.17, 15) is 34.1 Å². The summed E-state index contributed by atoms with van der Waals surface area (Å²) in [5.74, 6) is -2.37. The number of primary amides is 2. The van der Waals surface area contributed by atoms with Crippen LogP contribution < -0.4 is 41.8 Å². The monoisotopic (exact) mass is 942 g/mol. The Labute approximate surface area is 392 Å². The van der Waals surface area contributed by atoms with Gasteiger partial charge in [-0.2, -0.15) is 10.2 Å². The lowest BCUT2D eigenvalue weighted by atomic mass is 10.1. The number of carbonyl (C=O) groups excluding carboxylic acids is 5. The van der Waals surface area contributed by atoms with Crippen molar-refractivity contribution in [3.05, 3.63) is 99.7 Å². The minimum atomic E-state index is -0.907. The number of carbonyl (C=O) groups is 5. The van der Waals surface area contributed by atoms with Crippen LogP contribution >= 0.6 is 0 Å². The van der Waals surface area contributed by atoms with Crippen LogP contribution in [0.3, 0.4) is 0 Å². The lowest BCUT2D eigenvalue weighted by Gasteiger charge is -2.28. The van der Waals surface area contributed by atoms with E-state index in [1.165, 1.54) is 24.4 Å². The number of nitro benzene ring substituents is 1. The van der Waals surface area contributed by atoms with Gasteiger partial charge in [-0.3, -0.25) is 49.0 Å². The molecule has 4 amide bonds. The lowest BCUT2D eigenvalue weighted by Crippen LogP contribution is -2.39. The number of ether oxygens (including phenoxy) is 4. The highest BCUT2D eigenvalue weighted by Gasteiger charge is 2.24. The van der Waals surface area contributed by atoms with E-state index in [4.69, 9.17) is 30.4 Å². The fourth-order valence-corrected chi connectivity index (χ4v) is 6.34. The minimum absolute atomic E-state index is 0.00146. The van der Waals surface area contributed by atoms with Gasteiger partial charge in [0, 0.05) is 49.4 Å². The summed E-state index contributed by atoms with van der Waals surface area (Å²) in [6.45, 7) is 15.1.